The maximum Gasteiger partial charge on any atom is 0.409 e. The second kappa shape index (κ2) is 9.60. The summed E-state index contributed by atoms with van der Waals surface area (Å²) in [5.74, 6) is 0.806. The van der Waals surface area contributed by atoms with E-state index < -0.39 is 0 Å². The van der Waals surface area contributed by atoms with E-state index in [1.54, 1.807) is 21.6 Å². The van der Waals surface area contributed by atoms with Crippen LogP contribution in [0.1, 0.15) is 36.5 Å². The first-order valence-corrected chi connectivity index (χ1v) is 10.2. The van der Waals surface area contributed by atoms with Crippen molar-refractivity contribution >= 4 is 12.0 Å². The van der Waals surface area contributed by atoms with Crippen LogP contribution in [-0.2, 0) is 4.74 Å². The Morgan fingerprint density at radius 1 is 1.13 bits per heavy atom. The van der Waals surface area contributed by atoms with E-state index in [9.17, 15) is 9.59 Å². The third-order valence-electron chi connectivity index (χ3n) is 4.98. The van der Waals surface area contributed by atoms with E-state index in [1.807, 2.05) is 45.0 Å². The number of carbonyl (C=O) groups is 2. The van der Waals surface area contributed by atoms with Crippen molar-refractivity contribution in [1.29, 1.82) is 0 Å². The van der Waals surface area contributed by atoms with E-state index in [-0.39, 0.29) is 17.9 Å². The maximum atomic E-state index is 13.1. The fourth-order valence-electron chi connectivity index (χ4n) is 3.30. The summed E-state index contributed by atoms with van der Waals surface area (Å²) >= 11 is 0. The van der Waals surface area contributed by atoms with Gasteiger partial charge in [0.05, 0.1) is 25.1 Å². The Labute approximate surface area is 176 Å². The second-order valence-corrected chi connectivity index (χ2v) is 7.74. The standard InChI is InChI=1S/C21H29N5O4/c1-15(2)14-30-21(28)25-10-6-9-24(11-12-25)20(27)19-16(3)26(23-22-19)17-7-5-8-18(13-17)29-4/h5,7-8,13,15H,6,9-12,14H2,1-4H3. The summed E-state index contributed by atoms with van der Waals surface area (Å²) in [5, 5.41) is 8.30. The number of aromatic nitrogens is 3. The van der Waals surface area contributed by atoms with Gasteiger partial charge in [-0.1, -0.05) is 25.1 Å². The van der Waals surface area contributed by atoms with Crippen molar-refractivity contribution in [2.24, 2.45) is 5.92 Å². The number of methoxy groups -OCH3 is 1. The molecule has 9 nitrogen and oxygen atoms in total. The van der Waals surface area contributed by atoms with Gasteiger partial charge in [0.2, 0.25) is 0 Å². The molecule has 162 valence electrons. The minimum Gasteiger partial charge on any atom is -0.497 e. The van der Waals surface area contributed by atoms with Gasteiger partial charge in [-0.2, -0.15) is 0 Å². The average Bonchev–Trinajstić information content (AvgIpc) is 2.96. The number of nitrogens with zero attached hydrogens (tertiary/aromatic N) is 5. The molecule has 1 fully saturated rings. The van der Waals surface area contributed by atoms with Gasteiger partial charge in [0.15, 0.2) is 5.69 Å². The highest BCUT2D eigenvalue weighted by Crippen LogP contribution is 2.19. The molecule has 0 bridgehead atoms. The fourth-order valence-corrected chi connectivity index (χ4v) is 3.30. The summed E-state index contributed by atoms with van der Waals surface area (Å²) in [6.07, 6.45) is 0.365. The van der Waals surface area contributed by atoms with Gasteiger partial charge in [-0.25, -0.2) is 9.48 Å². The zero-order valence-electron chi connectivity index (χ0n) is 18.0. The predicted octanol–water partition coefficient (Wildman–Crippen LogP) is 2.52. The highest BCUT2D eigenvalue weighted by molar-refractivity contribution is 5.93. The van der Waals surface area contributed by atoms with Crippen molar-refractivity contribution in [3.63, 3.8) is 0 Å². The zero-order chi connectivity index (χ0) is 21.7. The summed E-state index contributed by atoms with van der Waals surface area (Å²) in [6, 6.07) is 7.42. The van der Waals surface area contributed by atoms with Crippen LogP contribution >= 0.6 is 0 Å². The van der Waals surface area contributed by atoms with Crippen molar-refractivity contribution in [2.75, 3.05) is 39.9 Å². The maximum absolute atomic E-state index is 13.1. The highest BCUT2D eigenvalue weighted by atomic mass is 16.6. The monoisotopic (exact) mass is 415 g/mol. The van der Waals surface area contributed by atoms with Gasteiger partial charge in [0.25, 0.3) is 5.91 Å². The molecular formula is C21H29N5O4. The Balaban J connectivity index is 1.68. The lowest BCUT2D eigenvalue weighted by molar-refractivity contribution is 0.0740. The second-order valence-electron chi connectivity index (χ2n) is 7.74. The van der Waals surface area contributed by atoms with Crippen LogP contribution in [0.15, 0.2) is 24.3 Å². The molecule has 1 aliphatic heterocycles. The third kappa shape index (κ3) is 4.90. The summed E-state index contributed by atoms with van der Waals surface area (Å²) in [6.45, 7) is 8.19. The molecule has 0 unspecified atom stereocenters. The molecular weight excluding hydrogens is 386 g/mol. The van der Waals surface area contributed by atoms with Crippen molar-refractivity contribution in [1.82, 2.24) is 24.8 Å². The number of amides is 2. The third-order valence-corrected chi connectivity index (χ3v) is 4.98. The Kier molecular flexibility index (Phi) is 6.91. The lowest BCUT2D eigenvalue weighted by atomic mass is 10.2. The number of benzene rings is 1. The zero-order valence-corrected chi connectivity index (χ0v) is 18.0. The lowest BCUT2D eigenvalue weighted by Crippen LogP contribution is -2.38. The molecule has 2 aromatic rings. The molecule has 1 aromatic carbocycles. The number of rotatable bonds is 5. The summed E-state index contributed by atoms with van der Waals surface area (Å²) in [7, 11) is 1.60. The van der Waals surface area contributed by atoms with Crippen LogP contribution in [0.5, 0.6) is 5.75 Å². The number of hydrogen-bond acceptors (Lipinski definition) is 6. The number of ether oxygens (including phenoxy) is 2. The van der Waals surface area contributed by atoms with Crippen LogP contribution in [0.2, 0.25) is 0 Å². The highest BCUT2D eigenvalue weighted by Gasteiger charge is 2.27. The largest absolute Gasteiger partial charge is 0.497 e. The Morgan fingerprint density at radius 2 is 1.87 bits per heavy atom. The molecule has 0 radical (unpaired) electrons. The molecule has 30 heavy (non-hydrogen) atoms. The van der Waals surface area contributed by atoms with Gasteiger partial charge >= 0.3 is 6.09 Å². The first-order chi connectivity index (χ1) is 14.4. The molecule has 0 saturated carbocycles. The van der Waals surface area contributed by atoms with Crippen LogP contribution in [0.3, 0.4) is 0 Å². The van der Waals surface area contributed by atoms with E-state index in [0.29, 0.717) is 56.3 Å². The van der Waals surface area contributed by atoms with Gasteiger partial charge in [-0.15, -0.1) is 5.10 Å². The van der Waals surface area contributed by atoms with Gasteiger partial charge in [0, 0.05) is 32.2 Å². The smallest absolute Gasteiger partial charge is 0.409 e. The van der Waals surface area contributed by atoms with Gasteiger partial charge in [0.1, 0.15) is 5.75 Å². The van der Waals surface area contributed by atoms with E-state index in [1.165, 1.54) is 0 Å². The summed E-state index contributed by atoms with van der Waals surface area (Å²) < 4.78 is 12.2. The molecule has 1 saturated heterocycles. The average molecular weight is 415 g/mol. The fraction of sp³-hybridized carbons (Fsp3) is 0.524. The molecule has 0 spiro atoms. The normalized spacial score (nSPS) is 14.6. The van der Waals surface area contributed by atoms with Gasteiger partial charge in [-0.3, -0.25) is 4.79 Å². The van der Waals surface area contributed by atoms with Gasteiger partial charge < -0.3 is 19.3 Å². The first-order valence-electron chi connectivity index (χ1n) is 10.2. The van der Waals surface area contributed by atoms with E-state index in [0.717, 1.165) is 5.69 Å². The minimum atomic E-state index is -0.321. The molecule has 1 aliphatic rings. The molecule has 0 atom stereocenters. The molecule has 0 N–H and O–H groups in total. The Morgan fingerprint density at radius 3 is 2.60 bits per heavy atom. The van der Waals surface area contributed by atoms with Crippen LogP contribution in [0.4, 0.5) is 4.79 Å². The first kappa shape index (κ1) is 21.6. The SMILES string of the molecule is COc1cccc(-n2nnc(C(=O)N3CCCN(C(=O)OCC(C)C)CC3)c2C)c1. The lowest BCUT2D eigenvalue weighted by Gasteiger charge is -2.21. The molecule has 9 heteroatoms. The van der Waals surface area contributed by atoms with Gasteiger partial charge in [-0.05, 0) is 31.4 Å². The Bertz CT molecular complexity index is 895. The van der Waals surface area contributed by atoms with Crippen LogP contribution in [0.25, 0.3) is 5.69 Å². The summed E-state index contributed by atoms with van der Waals surface area (Å²) in [4.78, 5) is 28.7. The number of hydrogen-bond donors (Lipinski definition) is 0. The molecule has 2 amide bonds. The molecule has 2 heterocycles. The Hall–Kier alpha value is -3.10. The topological polar surface area (TPSA) is 89.8 Å². The minimum absolute atomic E-state index is 0.181. The van der Waals surface area contributed by atoms with E-state index in [2.05, 4.69) is 10.3 Å². The predicted molar refractivity (Wildman–Crippen MR) is 111 cm³/mol. The summed E-state index contributed by atoms with van der Waals surface area (Å²) in [5.41, 5.74) is 1.74. The van der Waals surface area contributed by atoms with E-state index in [4.69, 9.17) is 9.47 Å². The quantitative estimate of drug-likeness (QED) is 0.745. The van der Waals surface area contributed by atoms with Crippen molar-refractivity contribution in [3.8, 4) is 11.4 Å². The molecule has 0 aliphatic carbocycles. The van der Waals surface area contributed by atoms with E-state index >= 15 is 0 Å². The van der Waals surface area contributed by atoms with Crippen LogP contribution < -0.4 is 4.74 Å². The molecule has 1 aromatic heterocycles. The molecule has 3 rings (SSSR count). The van der Waals surface area contributed by atoms with Crippen LogP contribution in [-0.4, -0.2) is 76.7 Å². The van der Waals surface area contributed by atoms with Crippen molar-refractivity contribution in [3.05, 3.63) is 35.7 Å². The van der Waals surface area contributed by atoms with Crippen molar-refractivity contribution < 1.29 is 19.1 Å². The number of carbonyl (C=O) groups excluding carboxylic acids is 2. The van der Waals surface area contributed by atoms with Crippen LogP contribution in [0, 0.1) is 12.8 Å². The van der Waals surface area contributed by atoms with Crippen molar-refractivity contribution in [2.45, 2.75) is 27.2 Å².